The maximum atomic E-state index is 12.4. The lowest BCUT2D eigenvalue weighted by Crippen LogP contribution is -2.39. The minimum absolute atomic E-state index is 0.0255. The minimum Gasteiger partial charge on any atom is -0.337 e. The van der Waals surface area contributed by atoms with Crippen molar-refractivity contribution in [1.82, 2.24) is 9.88 Å². The van der Waals surface area contributed by atoms with E-state index >= 15 is 0 Å². The lowest BCUT2D eigenvalue weighted by atomic mass is 9.84. The third-order valence-electron chi connectivity index (χ3n) is 4.20. The molecule has 0 N–H and O–H groups in total. The van der Waals surface area contributed by atoms with E-state index in [0.717, 1.165) is 18.8 Å². The molecule has 4 heteroatoms. The van der Waals surface area contributed by atoms with Crippen LogP contribution >= 0.6 is 11.6 Å². The first kappa shape index (κ1) is 14.3. The minimum atomic E-state index is -0.0255. The van der Waals surface area contributed by atoms with Crippen LogP contribution in [-0.4, -0.2) is 28.9 Å². The lowest BCUT2D eigenvalue weighted by molar-refractivity contribution is 0.0669. The number of carbonyl (C=O) groups is 1. The molecule has 1 aromatic heterocycles. The number of carbonyl (C=O) groups excluding carboxylic acids is 1. The molecule has 1 fully saturated rings. The second kappa shape index (κ2) is 6.38. The summed E-state index contributed by atoms with van der Waals surface area (Å²) in [6, 6.07) is 3.67. The Hall–Kier alpha value is -1.09. The van der Waals surface area contributed by atoms with E-state index in [-0.39, 0.29) is 5.91 Å². The standard InChI is InChI=1S/C15H21ClN2O/c1-3-11-4-6-13(7-5-11)18(2)15(19)14-10-12(16)8-9-17-14/h8-11,13H,3-7H2,1-2H3. The Balaban J connectivity index is 2.00. The zero-order valence-electron chi connectivity index (χ0n) is 11.6. The van der Waals surface area contributed by atoms with Crippen molar-refractivity contribution in [1.29, 1.82) is 0 Å². The maximum Gasteiger partial charge on any atom is 0.272 e. The van der Waals surface area contributed by atoms with E-state index in [4.69, 9.17) is 11.6 Å². The van der Waals surface area contributed by atoms with Crippen LogP contribution in [0.4, 0.5) is 0 Å². The Kier molecular flexibility index (Phi) is 4.81. The summed E-state index contributed by atoms with van der Waals surface area (Å²) in [5, 5.41) is 0.557. The molecule has 1 aliphatic carbocycles. The normalized spacial score (nSPS) is 23.1. The van der Waals surface area contributed by atoms with E-state index < -0.39 is 0 Å². The SMILES string of the molecule is CCC1CCC(N(C)C(=O)c2cc(Cl)ccn2)CC1. The molecule has 0 atom stereocenters. The van der Waals surface area contributed by atoms with Gasteiger partial charge in [-0.25, -0.2) is 0 Å². The van der Waals surface area contributed by atoms with E-state index in [1.165, 1.54) is 19.3 Å². The van der Waals surface area contributed by atoms with Crippen LogP contribution in [-0.2, 0) is 0 Å². The molecule has 1 aliphatic rings. The molecule has 104 valence electrons. The van der Waals surface area contributed by atoms with Gasteiger partial charge in [-0.05, 0) is 43.7 Å². The average molecular weight is 281 g/mol. The highest BCUT2D eigenvalue weighted by Gasteiger charge is 2.26. The highest BCUT2D eigenvalue weighted by Crippen LogP contribution is 2.29. The summed E-state index contributed by atoms with van der Waals surface area (Å²) < 4.78 is 0. The van der Waals surface area contributed by atoms with E-state index in [2.05, 4.69) is 11.9 Å². The Morgan fingerprint density at radius 3 is 2.68 bits per heavy atom. The van der Waals surface area contributed by atoms with Gasteiger partial charge in [0.15, 0.2) is 0 Å². The molecule has 3 nitrogen and oxygen atoms in total. The molecule has 19 heavy (non-hydrogen) atoms. The van der Waals surface area contributed by atoms with Crippen LogP contribution < -0.4 is 0 Å². The summed E-state index contributed by atoms with van der Waals surface area (Å²) in [4.78, 5) is 18.3. The molecular formula is C15H21ClN2O. The first-order valence-corrected chi connectivity index (χ1v) is 7.38. The fourth-order valence-electron chi connectivity index (χ4n) is 2.81. The topological polar surface area (TPSA) is 33.2 Å². The molecule has 0 bridgehead atoms. The summed E-state index contributed by atoms with van der Waals surface area (Å²) >= 11 is 5.91. The molecule has 2 rings (SSSR count). The lowest BCUT2D eigenvalue weighted by Gasteiger charge is -2.34. The van der Waals surface area contributed by atoms with Crippen molar-refractivity contribution in [3.63, 3.8) is 0 Å². The zero-order chi connectivity index (χ0) is 13.8. The Bertz CT molecular complexity index is 442. The van der Waals surface area contributed by atoms with E-state index in [1.54, 1.807) is 18.3 Å². The highest BCUT2D eigenvalue weighted by atomic mass is 35.5. The van der Waals surface area contributed by atoms with Gasteiger partial charge in [-0.1, -0.05) is 24.9 Å². The molecule has 0 spiro atoms. The summed E-state index contributed by atoms with van der Waals surface area (Å²) in [6.07, 6.45) is 7.48. The van der Waals surface area contributed by atoms with Gasteiger partial charge in [-0.2, -0.15) is 0 Å². The fraction of sp³-hybridized carbons (Fsp3) is 0.600. The van der Waals surface area contributed by atoms with Crippen molar-refractivity contribution < 1.29 is 4.79 Å². The van der Waals surface area contributed by atoms with Crippen LogP contribution in [0.1, 0.15) is 49.5 Å². The largest absolute Gasteiger partial charge is 0.337 e. The van der Waals surface area contributed by atoms with Gasteiger partial charge < -0.3 is 4.90 Å². The molecule has 1 saturated carbocycles. The number of halogens is 1. The van der Waals surface area contributed by atoms with Crippen LogP contribution in [0.5, 0.6) is 0 Å². The van der Waals surface area contributed by atoms with Gasteiger partial charge in [-0.3, -0.25) is 9.78 Å². The van der Waals surface area contributed by atoms with E-state index in [0.29, 0.717) is 16.8 Å². The van der Waals surface area contributed by atoms with Crippen molar-refractivity contribution in [3.05, 3.63) is 29.0 Å². The van der Waals surface area contributed by atoms with Gasteiger partial charge in [-0.15, -0.1) is 0 Å². The van der Waals surface area contributed by atoms with Crippen molar-refractivity contribution in [2.75, 3.05) is 7.05 Å². The smallest absolute Gasteiger partial charge is 0.272 e. The van der Waals surface area contributed by atoms with Gasteiger partial charge in [0, 0.05) is 24.3 Å². The van der Waals surface area contributed by atoms with Gasteiger partial charge >= 0.3 is 0 Å². The summed E-state index contributed by atoms with van der Waals surface area (Å²) in [6.45, 7) is 2.25. The predicted octanol–water partition coefficient (Wildman–Crippen LogP) is 3.78. The number of nitrogens with zero attached hydrogens (tertiary/aromatic N) is 2. The van der Waals surface area contributed by atoms with E-state index in [1.807, 2.05) is 11.9 Å². The Labute approximate surface area is 120 Å². The highest BCUT2D eigenvalue weighted by molar-refractivity contribution is 6.30. The van der Waals surface area contributed by atoms with Crippen LogP contribution in [0, 0.1) is 5.92 Å². The quantitative estimate of drug-likeness (QED) is 0.844. The summed E-state index contributed by atoms with van der Waals surface area (Å²) in [7, 11) is 1.88. The van der Waals surface area contributed by atoms with Crippen LogP contribution in [0.2, 0.25) is 5.02 Å². The van der Waals surface area contributed by atoms with Crippen molar-refractivity contribution in [3.8, 4) is 0 Å². The summed E-state index contributed by atoms with van der Waals surface area (Å²) in [5.41, 5.74) is 0.438. The van der Waals surface area contributed by atoms with E-state index in [9.17, 15) is 4.79 Å². The van der Waals surface area contributed by atoms with Gasteiger partial charge in [0.1, 0.15) is 5.69 Å². The molecule has 0 unspecified atom stereocenters. The molecular weight excluding hydrogens is 260 g/mol. The monoisotopic (exact) mass is 280 g/mol. The van der Waals surface area contributed by atoms with Crippen molar-refractivity contribution in [2.24, 2.45) is 5.92 Å². The number of hydrogen-bond donors (Lipinski definition) is 0. The van der Waals surface area contributed by atoms with Crippen molar-refractivity contribution >= 4 is 17.5 Å². The van der Waals surface area contributed by atoms with Crippen LogP contribution in [0.15, 0.2) is 18.3 Å². The van der Waals surface area contributed by atoms with Crippen molar-refractivity contribution in [2.45, 2.75) is 45.1 Å². The average Bonchev–Trinajstić information content (AvgIpc) is 2.46. The first-order chi connectivity index (χ1) is 9.11. The Morgan fingerprint density at radius 1 is 1.42 bits per heavy atom. The molecule has 1 heterocycles. The van der Waals surface area contributed by atoms with Crippen LogP contribution in [0.3, 0.4) is 0 Å². The molecule has 0 saturated heterocycles. The zero-order valence-corrected chi connectivity index (χ0v) is 12.4. The predicted molar refractivity (Wildman–Crippen MR) is 77.4 cm³/mol. The number of amides is 1. The first-order valence-electron chi connectivity index (χ1n) is 7.00. The third kappa shape index (κ3) is 3.47. The second-order valence-electron chi connectivity index (χ2n) is 5.36. The van der Waals surface area contributed by atoms with Gasteiger partial charge in [0.2, 0.25) is 0 Å². The number of pyridine rings is 1. The third-order valence-corrected chi connectivity index (χ3v) is 4.44. The van der Waals surface area contributed by atoms with Gasteiger partial charge in [0.25, 0.3) is 5.91 Å². The molecule has 1 aromatic rings. The maximum absolute atomic E-state index is 12.4. The molecule has 1 amide bonds. The number of aromatic nitrogens is 1. The molecule has 0 radical (unpaired) electrons. The molecule has 0 aliphatic heterocycles. The van der Waals surface area contributed by atoms with Crippen LogP contribution in [0.25, 0.3) is 0 Å². The summed E-state index contributed by atoms with van der Waals surface area (Å²) in [5.74, 6) is 0.812. The van der Waals surface area contributed by atoms with Gasteiger partial charge in [0.05, 0.1) is 0 Å². The number of rotatable bonds is 3. The fourth-order valence-corrected chi connectivity index (χ4v) is 2.97. The molecule has 0 aromatic carbocycles. The second-order valence-corrected chi connectivity index (χ2v) is 5.79. The number of hydrogen-bond acceptors (Lipinski definition) is 2. The Morgan fingerprint density at radius 2 is 2.11 bits per heavy atom.